The van der Waals surface area contributed by atoms with Crippen LogP contribution in [0.2, 0.25) is 0 Å². The second-order valence-corrected chi connectivity index (χ2v) is 11.2. The molecule has 5 rings (SSSR count). The Labute approximate surface area is 216 Å². The molecule has 1 aromatic rings. The van der Waals surface area contributed by atoms with E-state index in [4.69, 9.17) is 4.84 Å². The third-order valence-electron chi connectivity index (χ3n) is 8.84. The summed E-state index contributed by atoms with van der Waals surface area (Å²) in [5.41, 5.74) is 5.49. The highest BCUT2D eigenvalue weighted by Crippen LogP contribution is 2.35. The molecule has 2 heterocycles. The maximum Gasteiger partial charge on any atom is 0.162 e. The lowest BCUT2D eigenvalue weighted by molar-refractivity contribution is -0.0409. The Morgan fingerprint density at radius 1 is 0.944 bits per heavy atom. The highest BCUT2D eigenvalue weighted by molar-refractivity contribution is 5.25. The first-order chi connectivity index (χ1) is 17.8. The number of hydroxylamine groups is 1. The minimum atomic E-state index is -0.494. The summed E-state index contributed by atoms with van der Waals surface area (Å²) in [4.78, 5) is 7.91. The molecule has 0 spiro atoms. The van der Waals surface area contributed by atoms with Gasteiger partial charge in [-0.1, -0.05) is 62.1 Å². The van der Waals surface area contributed by atoms with Gasteiger partial charge < -0.3 is 5.32 Å². The molecule has 2 aliphatic heterocycles. The zero-order valence-corrected chi connectivity index (χ0v) is 21.8. The number of benzene rings is 1. The molecule has 200 valence electrons. The van der Waals surface area contributed by atoms with E-state index >= 15 is 0 Å². The quantitative estimate of drug-likeness (QED) is 0.410. The van der Waals surface area contributed by atoms with Gasteiger partial charge in [-0.3, -0.25) is 15.5 Å². The predicted octanol–water partition coefficient (Wildman–Crippen LogP) is 4.66. The predicted molar refractivity (Wildman–Crippen MR) is 143 cm³/mol. The van der Waals surface area contributed by atoms with Crippen LogP contribution in [0.25, 0.3) is 0 Å². The summed E-state index contributed by atoms with van der Waals surface area (Å²) in [6.45, 7) is 3.33. The van der Waals surface area contributed by atoms with Crippen LogP contribution in [0.1, 0.15) is 87.9 Å². The van der Waals surface area contributed by atoms with Crippen molar-refractivity contribution in [2.45, 2.75) is 101 Å². The Hall–Kier alpha value is -1.35. The van der Waals surface area contributed by atoms with Crippen molar-refractivity contribution in [2.24, 2.45) is 5.92 Å². The molecular weight excluding hydrogens is 453 g/mol. The van der Waals surface area contributed by atoms with Gasteiger partial charge in [-0.25, -0.2) is 9.29 Å². The molecule has 0 aromatic heterocycles. The number of rotatable bonds is 7. The Morgan fingerprint density at radius 3 is 2.53 bits per heavy atom. The van der Waals surface area contributed by atoms with Crippen molar-refractivity contribution < 1.29 is 9.23 Å². The molecule has 0 bridgehead atoms. The molecule has 4 atom stereocenters. The topological polar surface area (TPSA) is 60.6 Å². The number of alkyl halides is 1. The van der Waals surface area contributed by atoms with Crippen molar-refractivity contribution in [1.82, 2.24) is 26.3 Å². The summed E-state index contributed by atoms with van der Waals surface area (Å²) >= 11 is 0. The van der Waals surface area contributed by atoms with Crippen LogP contribution in [0.5, 0.6) is 0 Å². The molecular formula is C29H46FN5O. The molecule has 1 saturated carbocycles. The summed E-state index contributed by atoms with van der Waals surface area (Å²) in [6.07, 6.45) is 17.6. The van der Waals surface area contributed by atoms with Crippen molar-refractivity contribution in [3.05, 3.63) is 47.5 Å². The third-order valence-corrected chi connectivity index (χ3v) is 8.84. The Morgan fingerprint density at radius 2 is 1.75 bits per heavy atom. The van der Waals surface area contributed by atoms with Crippen LogP contribution in [0.3, 0.4) is 0 Å². The summed E-state index contributed by atoms with van der Waals surface area (Å²) in [5.74, 6) is 0.605. The summed E-state index contributed by atoms with van der Waals surface area (Å²) < 4.78 is 13.8. The van der Waals surface area contributed by atoms with Crippen LogP contribution in [-0.2, 0) is 11.4 Å². The number of nitrogens with one attached hydrogen (secondary N) is 4. The second kappa shape index (κ2) is 12.9. The van der Waals surface area contributed by atoms with Crippen molar-refractivity contribution in [2.75, 3.05) is 26.3 Å². The summed E-state index contributed by atoms with van der Waals surface area (Å²) in [6, 6.07) is 9.22. The molecule has 4 unspecified atom stereocenters. The van der Waals surface area contributed by atoms with Gasteiger partial charge in [0.1, 0.15) is 12.8 Å². The molecule has 6 nitrogen and oxygen atoms in total. The van der Waals surface area contributed by atoms with Gasteiger partial charge >= 0.3 is 0 Å². The fourth-order valence-electron chi connectivity index (χ4n) is 6.79. The molecule has 0 amide bonds. The van der Waals surface area contributed by atoms with Gasteiger partial charge in [0.05, 0.1) is 5.66 Å². The molecule has 3 fully saturated rings. The van der Waals surface area contributed by atoms with Crippen LogP contribution >= 0.6 is 0 Å². The Kier molecular flexibility index (Phi) is 9.44. The second-order valence-electron chi connectivity index (χ2n) is 11.2. The average Bonchev–Trinajstić information content (AvgIpc) is 3.42. The molecule has 36 heavy (non-hydrogen) atoms. The highest BCUT2D eigenvalue weighted by atomic mass is 19.1. The van der Waals surface area contributed by atoms with Crippen LogP contribution in [-0.4, -0.2) is 49.1 Å². The maximum atomic E-state index is 13.8. The van der Waals surface area contributed by atoms with Gasteiger partial charge in [0.2, 0.25) is 0 Å². The smallest absolute Gasteiger partial charge is 0.162 e. The van der Waals surface area contributed by atoms with E-state index < -0.39 is 12.9 Å². The SMILES string of the molecule is FCC1ONC(c2ccc(CNC3(C4CC/C=C\CCCC4)CNCCN3)cc2)N1C1CCCCC1. The minimum Gasteiger partial charge on any atom is -0.312 e. The lowest BCUT2D eigenvalue weighted by Crippen LogP contribution is -2.70. The van der Waals surface area contributed by atoms with Gasteiger partial charge in [-0.05, 0) is 62.0 Å². The molecule has 0 radical (unpaired) electrons. The summed E-state index contributed by atoms with van der Waals surface area (Å²) in [7, 11) is 0. The van der Waals surface area contributed by atoms with Gasteiger partial charge in [0.25, 0.3) is 0 Å². The number of nitrogens with zero attached hydrogens (tertiary/aromatic N) is 1. The van der Waals surface area contributed by atoms with Crippen LogP contribution in [0, 0.1) is 5.92 Å². The first kappa shape index (κ1) is 26.3. The third kappa shape index (κ3) is 6.20. The zero-order chi connectivity index (χ0) is 24.6. The van der Waals surface area contributed by atoms with Gasteiger partial charge in [-0.15, -0.1) is 0 Å². The van der Waals surface area contributed by atoms with E-state index in [0.29, 0.717) is 12.0 Å². The van der Waals surface area contributed by atoms with Crippen molar-refractivity contribution in [1.29, 1.82) is 0 Å². The van der Waals surface area contributed by atoms with Crippen LogP contribution in [0.4, 0.5) is 4.39 Å². The fraction of sp³-hybridized carbons (Fsp3) is 0.724. The van der Waals surface area contributed by atoms with Gasteiger partial charge in [-0.2, -0.15) is 5.48 Å². The number of halogens is 1. The van der Waals surface area contributed by atoms with Crippen molar-refractivity contribution >= 4 is 0 Å². The van der Waals surface area contributed by atoms with E-state index in [9.17, 15) is 4.39 Å². The zero-order valence-electron chi connectivity index (χ0n) is 21.8. The largest absolute Gasteiger partial charge is 0.312 e. The Bertz CT molecular complexity index is 821. The van der Waals surface area contributed by atoms with E-state index in [-0.39, 0.29) is 11.8 Å². The molecule has 7 heteroatoms. The van der Waals surface area contributed by atoms with Gasteiger partial charge in [0, 0.05) is 32.2 Å². The normalized spacial score (nSPS) is 34.1. The molecule has 2 aliphatic carbocycles. The lowest BCUT2D eigenvalue weighted by atomic mass is 9.82. The Balaban J connectivity index is 1.25. The molecule has 4 N–H and O–H groups in total. The minimum absolute atomic E-state index is 0.0674. The number of hydrogen-bond donors (Lipinski definition) is 4. The lowest BCUT2D eigenvalue weighted by Gasteiger charge is -2.46. The maximum absolute atomic E-state index is 13.8. The van der Waals surface area contributed by atoms with Crippen molar-refractivity contribution in [3.8, 4) is 0 Å². The van der Waals surface area contributed by atoms with E-state index in [1.54, 1.807) is 0 Å². The van der Waals surface area contributed by atoms with Gasteiger partial charge in [0.15, 0.2) is 6.23 Å². The number of hydrogen-bond acceptors (Lipinski definition) is 6. The molecule has 1 aromatic carbocycles. The fourth-order valence-corrected chi connectivity index (χ4v) is 6.79. The first-order valence-corrected chi connectivity index (χ1v) is 14.5. The molecule has 2 saturated heterocycles. The van der Waals surface area contributed by atoms with E-state index in [0.717, 1.165) is 51.0 Å². The van der Waals surface area contributed by atoms with E-state index in [2.05, 4.69) is 62.7 Å². The first-order valence-electron chi connectivity index (χ1n) is 14.5. The van der Waals surface area contributed by atoms with Crippen LogP contribution < -0.4 is 21.4 Å². The van der Waals surface area contributed by atoms with Crippen molar-refractivity contribution in [3.63, 3.8) is 0 Å². The number of piperazine rings is 1. The van der Waals surface area contributed by atoms with E-state index in [1.165, 1.54) is 56.9 Å². The van der Waals surface area contributed by atoms with Crippen LogP contribution in [0.15, 0.2) is 36.4 Å². The number of allylic oxidation sites excluding steroid dienone is 2. The standard InChI is InChI=1S/C29H46FN5O/c30-20-27-35(26-12-8-5-9-13-26)28(34-36-27)24-16-14-23(15-17-24)21-33-29(22-31-18-19-32-29)25-10-6-3-1-2-4-7-11-25/h1,3,14-17,25-28,31-34H,2,4-13,18-22H2/b3-1-. The monoisotopic (exact) mass is 499 g/mol. The average molecular weight is 500 g/mol. The molecule has 4 aliphatic rings. The summed E-state index contributed by atoms with van der Waals surface area (Å²) in [5, 5.41) is 11.5. The van der Waals surface area contributed by atoms with E-state index in [1.807, 2.05) is 0 Å². The highest BCUT2D eigenvalue weighted by Gasteiger charge is 2.41.